The number of aliphatic hydroxyl groups is 1. The van der Waals surface area contributed by atoms with Crippen molar-refractivity contribution in [1.82, 2.24) is 10.6 Å². The topological polar surface area (TPSA) is 142 Å². The Morgan fingerprint density at radius 1 is 1.35 bits per heavy atom. The number of rotatable bonds is 9. The fourth-order valence-electron chi connectivity index (χ4n) is 1.29. The summed E-state index contributed by atoms with van der Waals surface area (Å²) in [7, 11) is 0. The highest BCUT2D eigenvalue weighted by atomic mass is 32.2. The van der Waals surface area contributed by atoms with Crippen molar-refractivity contribution in [2.45, 2.75) is 31.5 Å². The Morgan fingerprint density at radius 2 is 1.95 bits per heavy atom. The molecular formula is C11H21N3O5S. The van der Waals surface area contributed by atoms with Crippen LogP contribution in [0.1, 0.15) is 13.3 Å². The molecule has 2 amide bonds. The number of nitrogens with two attached hydrogens (primary N) is 1. The molecule has 0 spiro atoms. The molecule has 0 aromatic heterocycles. The number of hydrogen-bond donors (Lipinski definition) is 5. The zero-order valence-corrected chi connectivity index (χ0v) is 12.3. The number of thioether (sulfide) groups is 1. The average Bonchev–Trinajstić information content (AvgIpc) is 2.38. The largest absolute Gasteiger partial charge is 0.480 e. The van der Waals surface area contributed by atoms with Gasteiger partial charge >= 0.3 is 5.97 Å². The highest BCUT2D eigenvalue weighted by Crippen LogP contribution is 1.98. The Morgan fingerprint density at radius 3 is 2.40 bits per heavy atom. The number of amides is 2. The van der Waals surface area contributed by atoms with Crippen LogP contribution in [0.3, 0.4) is 0 Å². The number of carboxylic acid groups (broad SMARTS) is 1. The molecule has 8 nitrogen and oxygen atoms in total. The lowest BCUT2D eigenvalue weighted by Gasteiger charge is -2.17. The van der Waals surface area contributed by atoms with Crippen LogP contribution in [0.5, 0.6) is 0 Å². The zero-order chi connectivity index (χ0) is 15.7. The van der Waals surface area contributed by atoms with Crippen LogP contribution in [-0.4, -0.2) is 64.7 Å². The fraction of sp³-hybridized carbons (Fsp3) is 0.727. The molecule has 0 aromatic rings. The average molecular weight is 307 g/mol. The molecule has 3 atom stereocenters. The van der Waals surface area contributed by atoms with Crippen LogP contribution in [0.4, 0.5) is 0 Å². The molecule has 116 valence electrons. The van der Waals surface area contributed by atoms with Crippen molar-refractivity contribution in [1.29, 1.82) is 0 Å². The molecular weight excluding hydrogens is 286 g/mol. The molecule has 0 bridgehead atoms. The van der Waals surface area contributed by atoms with Crippen LogP contribution < -0.4 is 16.4 Å². The van der Waals surface area contributed by atoms with E-state index < -0.39 is 36.0 Å². The lowest BCUT2D eigenvalue weighted by atomic mass is 10.2. The minimum atomic E-state index is -1.41. The highest BCUT2D eigenvalue weighted by Gasteiger charge is 2.25. The molecule has 0 fully saturated rings. The van der Waals surface area contributed by atoms with E-state index in [0.29, 0.717) is 6.42 Å². The normalized spacial score (nSPS) is 15.0. The van der Waals surface area contributed by atoms with Crippen molar-refractivity contribution < 1.29 is 24.6 Å². The van der Waals surface area contributed by atoms with Gasteiger partial charge in [-0.15, -0.1) is 0 Å². The van der Waals surface area contributed by atoms with E-state index >= 15 is 0 Å². The SMILES string of the molecule is CSCCC(N)C(=O)NCC(=O)NC(C(=O)O)C(C)O. The third kappa shape index (κ3) is 7.31. The molecule has 0 rings (SSSR count). The van der Waals surface area contributed by atoms with Gasteiger partial charge in [0.05, 0.1) is 18.7 Å². The van der Waals surface area contributed by atoms with Crippen LogP contribution >= 0.6 is 11.8 Å². The second-order valence-electron chi connectivity index (χ2n) is 4.23. The molecule has 0 aliphatic rings. The van der Waals surface area contributed by atoms with Gasteiger partial charge in [0.1, 0.15) is 0 Å². The number of carboxylic acids is 1. The first-order chi connectivity index (χ1) is 9.29. The van der Waals surface area contributed by atoms with E-state index in [0.717, 1.165) is 5.75 Å². The van der Waals surface area contributed by atoms with Crippen molar-refractivity contribution in [3.8, 4) is 0 Å². The standard InChI is InChI=1S/C11H21N3O5S/c1-6(15)9(11(18)19)14-8(16)5-13-10(17)7(12)3-4-20-2/h6-7,9,15H,3-5,12H2,1-2H3,(H,13,17)(H,14,16)(H,18,19). The molecule has 0 aliphatic carbocycles. The summed E-state index contributed by atoms with van der Waals surface area (Å²) >= 11 is 1.55. The van der Waals surface area contributed by atoms with Gasteiger partial charge in [0.2, 0.25) is 11.8 Å². The molecule has 9 heteroatoms. The number of carbonyl (C=O) groups is 3. The molecule has 3 unspecified atom stereocenters. The second-order valence-corrected chi connectivity index (χ2v) is 5.22. The van der Waals surface area contributed by atoms with Crippen molar-refractivity contribution in [3.63, 3.8) is 0 Å². The Hall–Kier alpha value is -1.32. The van der Waals surface area contributed by atoms with E-state index in [2.05, 4.69) is 10.6 Å². The van der Waals surface area contributed by atoms with Crippen LogP contribution in [0.15, 0.2) is 0 Å². The minimum Gasteiger partial charge on any atom is -0.480 e. The summed E-state index contributed by atoms with van der Waals surface area (Å²) in [6.07, 6.45) is 1.14. The van der Waals surface area contributed by atoms with Crippen molar-refractivity contribution >= 4 is 29.5 Å². The maximum Gasteiger partial charge on any atom is 0.328 e. The highest BCUT2D eigenvalue weighted by molar-refractivity contribution is 7.98. The maximum atomic E-state index is 11.5. The van der Waals surface area contributed by atoms with Gasteiger partial charge in [-0.25, -0.2) is 4.79 Å². The van der Waals surface area contributed by atoms with Gasteiger partial charge in [0, 0.05) is 0 Å². The van der Waals surface area contributed by atoms with Gasteiger partial charge in [0.25, 0.3) is 0 Å². The second kappa shape index (κ2) is 9.56. The van der Waals surface area contributed by atoms with Gasteiger partial charge in [0.15, 0.2) is 6.04 Å². The lowest BCUT2D eigenvalue weighted by Crippen LogP contribution is -2.51. The molecule has 0 aliphatic heterocycles. The Labute approximate surface area is 121 Å². The van der Waals surface area contributed by atoms with Gasteiger partial charge in [-0.1, -0.05) is 0 Å². The van der Waals surface area contributed by atoms with Crippen LogP contribution in [-0.2, 0) is 14.4 Å². The Balaban J connectivity index is 4.15. The van der Waals surface area contributed by atoms with Crippen molar-refractivity contribution in [3.05, 3.63) is 0 Å². The van der Waals surface area contributed by atoms with Crippen molar-refractivity contribution in [2.75, 3.05) is 18.6 Å². The summed E-state index contributed by atoms with van der Waals surface area (Å²) in [5.41, 5.74) is 5.60. The first-order valence-corrected chi connectivity index (χ1v) is 7.41. The predicted molar refractivity (Wildman–Crippen MR) is 75.2 cm³/mol. The van der Waals surface area contributed by atoms with Crippen LogP contribution in [0, 0.1) is 0 Å². The summed E-state index contributed by atoms with van der Waals surface area (Å²) < 4.78 is 0. The minimum absolute atomic E-state index is 0.387. The van der Waals surface area contributed by atoms with E-state index in [1.54, 1.807) is 11.8 Å². The van der Waals surface area contributed by atoms with E-state index in [-0.39, 0.29) is 6.54 Å². The third-order valence-electron chi connectivity index (χ3n) is 2.46. The predicted octanol–water partition coefficient (Wildman–Crippen LogP) is -1.87. The molecule has 20 heavy (non-hydrogen) atoms. The Bertz CT molecular complexity index is 351. The fourth-order valence-corrected chi connectivity index (χ4v) is 1.78. The number of aliphatic hydroxyl groups excluding tert-OH is 1. The molecule has 0 aromatic carbocycles. The summed E-state index contributed by atoms with van der Waals surface area (Å²) in [6.45, 7) is 0.859. The van der Waals surface area contributed by atoms with Crippen molar-refractivity contribution in [2.24, 2.45) is 5.73 Å². The summed E-state index contributed by atoms with van der Waals surface area (Å²) in [5.74, 6) is -1.80. The van der Waals surface area contributed by atoms with E-state index in [1.165, 1.54) is 6.92 Å². The molecule has 0 saturated heterocycles. The van der Waals surface area contributed by atoms with E-state index in [4.69, 9.17) is 10.8 Å². The molecule has 0 radical (unpaired) electrons. The third-order valence-corrected chi connectivity index (χ3v) is 3.10. The zero-order valence-electron chi connectivity index (χ0n) is 11.5. The van der Waals surface area contributed by atoms with Crippen LogP contribution in [0.25, 0.3) is 0 Å². The Kier molecular flexibility index (Phi) is 8.93. The van der Waals surface area contributed by atoms with Gasteiger partial charge in [-0.3, -0.25) is 9.59 Å². The first-order valence-electron chi connectivity index (χ1n) is 6.02. The van der Waals surface area contributed by atoms with Gasteiger partial charge in [-0.2, -0.15) is 11.8 Å². The summed E-state index contributed by atoms with van der Waals surface area (Å²) in [6, 6.07) is -2.12. The smallest absolute Gasteiger partial charge is 0.328 e. The van der Waals surface area contributed by atoms with Gasteiger partial charge < -0.3 is 26.6 Å². The van der Waals surface area contributed by atoms with E-state index in [1.807, 2.05) is 6.26 Å². The number of aliphatic carboxylic acids is 1. The first kappa shape index (κ1) is 18.7. The summed E-state index contributed by atoms with van der Waals surface area (Å²) in [5, 5.41) is 22.4. The van der Waals surface area contributed by atoms with E-state index in [9.17, 15) is 19.5 Å². The number of hydrogen-bond acceptors (Lipinski definition) is 6. The maximum absolute atomic E-state index is 11.5. The number of nitrogens with one attached hydrogen (secondary N) is 2. The quantitative estimate of drug-likeness (QED) is 0.336. The molecule has 0 saturated carbocycles. The monoisotopic (exact) mass is 307 g/mol. The lowest BCUT2D eigenvalue weighted by molar-refractivity contribution is -0.144. The molecule has 0 heterocycles. The van der Waals surface area contributed by atoms with Crippen LogP contribution in [0.2, 0.25) is 0 Å². The van der Waals surface area contributed by atoms with Gasteiger partial charge in [-0.05, 0) is 25.4 Å². The molecule has 6 N–H and O–H groups in total. The number of carbonyl (C=O) groups excluding carboxylic acids is 2. The summed E-state index contributed by atoms with van der Waals surface area (Å²) in [4.78, 5) is 33.7.